The predicted molar refractivity (Wildman–Crippen MR) is 119 cm³/mol. The van der Waals surface area contributed by atoms with Crippen LogP contribution in [0.25, 0.3) is 0 Å². The molecule has 5 N–H and O–H groups in total. The molecule has 2 amide bonds. The van der Waals surface area contributed by atoms with Gasteiger partial charge in [-0.1, -0.05) is 17.7 Å². The van der Waals surface area contributed by atoms with Gasteiger partial charge in [-0.15, -0.1) is 0 Å². The van der Waals surface area contributed by atoms with Crippen LogP contribution in [0, 0.1) is 5.41 Å². The molecule has 2 aromatic carbocycles. The first kappa shape index (κ1) is 24.5. The molecule has 3 rings (SSSR count). The van der Waals surface area contributed by atoms with Crippen LogP contribution in [-0.4, -0.2) is 32.7 Å². The Hall–Kier alpha value is -4.19. The van der Waals surface area contributed by atoms with Crippen molar-refractivity contribution in [2.75, 3.05) is 16.0 Å². The molecule has 9 nitrogen and oxygen atoms in total. The second-order valence-corrected chi connectivity index (χ2v) is 7.23. The number of aromatic hydroxyl groups is 1. The molecule has 0 aliphatic heterocycles. The summed E-state index contributed by atoms with van der Waals surface area (Å²) in [7, 11) is 0. The second-order valence-electron chi connectivity index (χ2n) is 6.83. The van der Waals surface area contributed by atoms with E-state index in [0.29, 0.717) is 0 Å². The first-order valence-corrected chi connectivity index (χ1v) is 9.79. The number of carbonyl (C=O) groups is 2. The highest BCUT2D eigenvalue weighted by atomic mass is 35.5. The van der Waals surface area contributed by atoms with Crippen molar-refractivity contribution in [3.05, 3.63) is 70.5 Å². The fraction of sp³-hybridized carbons (Fsp3) is 0.0952. The SMILES string of the molecule is CC(=O)Nc1ncc(NC(=O)c2c(Cl)ccc(C(=N)Nc3cccc(C(F)(F)F)c3)c2O)cn1. The average Bonchev–Trinajstić information content (AvgIpc) is 2.74. The topological polar surface area (TPSA) is 140 Å². The lowest BCUT2D eigenvalue weighted by Crippen LogP contribution is -2.17. The largest absolute Gasteiger partial charge is 0.506 e. The van der Waals surface area contributed by atoms with E-state index in [-0.39, 0.29) is 39.4 Å². The maximum Gasteiger partial charge on any atom is 0.416 e. The van der Waals surface area contributed by atoms with Crippen LogP contribution in [0.4, 0.5) is 30.5 Å². The minimum atomic E-state index is -4.57. The summed E-state index contributed by atoms with van der Waals surface area (Å²) < 4.78 is 38.8. The molecule has 0 unspecified atom stereocenters. The molecule has 0 aliphatic carbocycles. The summed E-state index contributed by atoms with van der Waals surface area (Å²) in [4.78, 5) is 31.4. The molecule has 3 aromatic rings. The molecule has 1 heterocycles. The number of amidine groups is 1. The van der Waals surface area contributed by atoms with E-state index in [9.17, 15) is 27.9 Å². The Morgan fingerprint density at radius 3 is 2.32 bits per heavy atom. The lowest BCUT2D eigenvalue weighted by molar-refractivity contribution is -0.137. The molecule has 1 aromatic heterocycles. The summed E-state index contributed by atoms with van der Waals surface area (Å²) in [6.07, 6.45) is -2.15. The Morgan fingerprint density at radius 1 is 1.03 bits per heavy atom. The van der Waals surface area contributed by atoms with Crippen LogP contribution in [0.15, 0.2) is 48.8 Å². The molecule has 0 atom stereocenters. The molecular formula is C21H16ClF3N6O3. The monoisotopic (exact) mass is 492 g/mol. The maximum atomic E-state index is 12.9. The van der Waals surface area contributed by atoms with Gasteiger partial charge in [0.15, 0.2) is 0 Å². The van der Waals surface area contributed by atoms with Crippen molar-refractivity contribution in [3.8, 4) is 5.75 Å². The summed E-state index contributed by atoms with van der Waals surface area (Å²) in [5.74, 6) is -2.35. The Balaban J connectivity index is 1.82. The van der Waals surface area contributed by atoms with E-state index in [4.69, 9.17) is 17.0 Å². The van der Waals surface area contributed by atoms with Gasteiger partial charge in [-0.25, -0.2) is 9.97 Å². The Kier molecular flexibility index (Phi) is 7.01. The molecule has 0 saturated carbocycles. The van der Waals surface area contributed by atoms with Crippen LogP contribution in [0.2, 0.25) is 5.02 Å². The van der Waals surface area contributed by atoms with Crippen LogP contribution in [0.3, 0.4) is 0 Å². The van der Waals surface area contributed by atoms with Crippen molar-refractivity contribution >= 4 is 46.6 Å². The molecule has 0 radical (unpaired) electrons. The number of halogens is 4. The number of nitrogens with zero attached hydrogens (tertiary/aromatic N) is 2. The zero-order valence-electron chi connectivity index (χ0n) is 17.3. The van der Waals surface area contributed by atoms with E-state index < -0.39 is 29.2 Å². The van der Waals surface area contributed by atoms with Crippen molar-refractivity contribution in [3.63, 3.8) is 0 Å². The van der Waals surface area contributed by atoms with Gasteiger partial charge in [-0.3, -0.25) is 20.3 Å². The van der Waals surface area contributed by atoms with Crippen molar-refractivity contribution in [1.29, 1.82) is 5.41 Å². The molecule has 176 valence electrons. The van der Waals surface area contributed by atoms with Gasteiger partial charge in [0.05, 0.1) is 34.2 Å². The van der Waals surface area contributed by atoms with Crippen molar-refractivity contribution in [1.82, 2.24) is 9.97 Å². The van der Waals surface area contributed by atoms with Crippen LogP contribution in [0.1, 0.15) is 28.4 Å². The maximum absolute atomic E-state index is 12.9. The Bertz CT molecular complexity index is 1270. The third-order valence-electron chi connectivity index (χ3n) is 4.28. The summed E-state index contributed by atoms with van der Waals surface area (Å²) in [5.41, 5.74) is -1.39. The lowest BCUT2D eigenvalue weighted by atomic mass is 10.1. The molecular weight excluding hydrogens is 477 g/mol. The van der Waals surface area contributed by atoms with Gasteiger partial charge in [0.2, 0.25) is 11.9 Å². The summed E-state index contributed by atoms with van der Waals surface area (Å²) in [6.45, 7) is 1.27. The summed E-state index contributed by atoms with van der Waals surface area (Å²) in [6, 6.07) is 6.66. The highest BCUT2D eigenvalue weighted by molar-refractivity contribution is 6.35. The van der Waals surface area contributed by atoms with Gasteiger partial charge < -0.3 is 15.7 Å². The number of rotatable bonds is 5. The average molecular weight is 493 g/mol. The second kappa shape index (κ2) is 9.75. The molecule has 0 fully saturated rings. The molecule has 13 heteroatoms. The Labute approximate surface area is 195 Å². The molecule has 0 aliphatic rings. The van der Waals surface area contributed by atoms with Crippen molar-refractivity contribution < 1.29 is 27.9 Å². The number of amides is 2. The van der Waals surface area contributed by atoms with Gasteiger partial charge >= 0.3 is 6.18 Å². The number of carbonyl (C=O) groups excluding carboxylic acids is 2. The molecule has 0 saturated heterocycles. The highest BCUT2D eigenvalue weighted by Crippen LogP contribution is 2.33. The number of hydrogen-bond acceptors (Lipinski definition) is 6. The molecule has 34 heavy (non-hydrogen) atoms. The van der Waals surface area contributed by atoms with Gasteiger partial charge in [-0.05, 0) is 30.3 Å². The highest BCUT2D eigenvalue weighted by Gasteiger charge is 2.30. The lowest BCUT2D eigenvalue weighted by Gasteiger charge is -2.15. The summed E-state index contributed by atoms with van der Waals surface area (Å²) in [5, 5.41) is 25.9. The van der Waals surface area contributed by atoms with E-state index in [0.717, 1.165) is 18.2 Å². The summed E-state index contributed by atoms with van der Waals surface area (Å²) >= 11 is 6.07. The number of anilines is 3. The van der Waals surface area contributed by atoms with Gasteiger partial charge in [0, 0.05) is 12.6 Å². The van der Waals surface area contributed by atoms with Crippen LogP contribution in [-0.2, 0) is 11.0 Å². The van der Waals surface area contributed by atoms with E-state index in [1.807, 2.05) is 0 Å². The number of nitrogens with one attached hydrogen (secondary N) is 4. The fourth-order valence-corrected chi connectivity index (χ4v) is 3.02. The first-order valence-electron chi connectivity index (χ1n) is 9.41. The minimum Gasteiger partial charge on any atom is -0.506 e. The van der Waals surface area contributed by atoms with Crippen molar-refractivity contribution in [2.24, 2.45) is 0 Å². The van der Waals surface area contributed by atoms with Gasteiger partial charge in [-0.2, -0.15) is 13.2 Å². The van der Waals surface area contributed by atoms with Crippen LogP contribution in [0.5, 0.6) is 5.75 Å². The standard InChI is InChI=1S/C21H16ClF3N6O3/c1-10(32)29-20-27-8-13(9-28-20)31-19(34)16-15(22)6-5-14(17(16)33)18(26)30-12-4-2-3-11(7-12)21(23,24)25/h2-9,33H,1H3,(H2,26,30)(H,31,34)(H,27,28,29,32). The Morgan fingerprint density at radius 2 is 1.71 bits per heavy atom. The van der Waals surface area contributed by atoms with E-state index in [1.54, 1.807) is 0 Å². The van der Waals surface area contributed by atoms with Crippen molar-refractivity contribution in [2.45, 2.75) is 13.1 Å². The number of hydrogen-bond donors (Lipinski definition) is 5. The van der Waals surface area contributed by atoms with Gasteiger partial charge in [0.1, 0.15) is 17.1 Å². The number of alkyl halides is 3. The van der Waals surface area contributed by atoms with E-state index in [1.165, 1.54) is 37.5 Å². The number of benzene rings is 2. The number of phenols is 1. The predicted octanol–water partition coefficient (Wildman–Crippen LogP) is 4.50. The first-order chi connectivity index (χ1) is 16.0. The number of phenolic OH excluding ortho intramolecular Hbond substituents is 1. The normalized spacial score (nSPS) is 11.0. The third-order valence-corrected chi connectivity index (χ3v) is 4.60. The minimum absolute atomic E-state index is 0.0162. The van der Waals surface area contributed by atoms with E-state index in [2.05, 4.69) is 25.9 Å². The zero-order chi connectivity index (χ0) is 25.0. The smallest absolute Gasteiger partial charge is 0.416 e. The molecule has 0 spiro atoms. The zero-order valence-corrected chi connectivity index (χ0v) is 18.0. The fourth-order valence-electron chi connectivity index (χ4n) is 2.78. The van der Waals surface area contributed by atoms with E-state index >= 15 is 0 Å². The van der Waals surface area contributed by atoms with Gasteiger partial charge in [0.25, 0.3) is 5.91 Å². The molecule has 0 bridgehead atoms. The third kappa shape index (κ3) is 5.78. The quantitative estimate of drug-likeness (QED) is 0.262. The number of aromatic nitrogens is 2. The van der Waals surface area contributed by atoms with Crippen LogP contribution < -0.4 is 16.0 Å². The van der Waals surface area contributed by atoms with Crippen LogP contribution >= 0.6 is 11.6 Å².